The Hall–Kier alpha value is -0.620. The molecule has 1 fully saturated rings. The highest BCUT2D eigenvalue weighted by molar-refractivity contribution is 7.90. The summed E-state index contributed by atoms with van der Waals surface area (Å²) in [4.78, 5) is 11.7. The summed E-state index contributed by atoms with van der Waals surface area (Å²) in [6.45, 7) is 2.14. The van der Waals surface area contributed by atoms with Crippen LogP contribution in [-0.4, -0.2) is 38.5 Å². The second kappa shape index (κ2) is 6.52. The SMILES string of the molecule is CC1CCCC(OC(=O)C(N)CCS(C)(=O)=O)C1. The zero-order valence-electron chi connectivity index (χ0n) is 11.1. The van der Waals surface area contributed by atoms with Crippen molar-refractivity contribution in [3.63, 3.8) is 0 Å². The highest BCUT2D eigenvalue weighted by atomic mass is 32.2. The molecule has 0 amide bonds. The Morgan fingerprint density at radius 3 is 2.67 bits per heavy atom. The molecule has 3 atom stereocenters. The van der Waals surface area contributed by atoms with Crippen molar-refractivity contribution in [3.05, 3.63) is 0 Å². The molecule has 2 N–H and O–H groups in total. The Balaban J connectivity index is 2.35. The van der Waals surface area contributed by atoms with Crippen LogP contribution in [0.2, 0.25) is 0 Å². The molecule has 18 heavy (non-hydrogen) atoms. The van der Waals surface area contributed by atoms with Gasteiger partial charge in [-0.2, -0.15) is 0 Å². The lowest BCUT2D eigenvalue weighted by Gasteiger charge is -2.27. The third kappa shape index (κ3) is 5.82. The molecule has 0 heterocycles. The molecule has 1 aliphatic carbocycles. The predicted octanol–water partition coefficient (Wildman–Crippen LogP) is 0.870. The van der Waals surface area contributed by atoms with E-state index in [1.807, 2.05) is 0 Å². The van der Waals surface area contributed by atoms with Crippen molar-refractivity contribution in [3.8, 4) is 0 Å². The van der Waals surface area contributed by atoms with E-state index in [0.717, 1.165) is 25.5 Å². The van der Waals surface area contributed by atoms with Gasteiger partial charge in [0.1, 0.15) is 22.0 Å². The fraction of sp³-hybridized carbons (Fsp3) is 0.917. The van der Waals surface area contributed by atoms with Gasteiger partial charge >= 0.3 is 5.97 Å². The van der Waals surface area contributed by atoms with Gasteiger partial charge in [-0.15, -0.1) is 0 Å². The summed E-state index contributed by atoms with van der Waals surface area (Å²) in [5.41, 5.74) is 5.64. The quantitative estimate of drug-likeness (QED) is 0.753. The molecule has 0 spiro atoms. The first-order valence-corrected chi connectivity index (χ1v) is 8.48. The van der Waals surface area contributed by atoms with Crippen LogP contribution in [0, 0.1) is 5.92 Å². The van der Waals surface area contributed by atoms with E-state index < -0.39 is 21.8 Å². The number of hydrogen-bond acceptors (Lipinski definition) is 5. The molecule has 106 valence electrons. The van der Waals surface area contributed by atoms with E-state index in [1.54, 1.807) is 0 Å². The van der Waals surface area contributed by atoms with Gasteiger partial charge in [0, 0.05) is 6.26 Å². The zero-order chi connectivity index (χ0) is 13.8. The van der Waals surface area contributed by atoms with E-state index in [0.29, 0.717) is 5.92 Å². The van der Waals surface area contributed by atoms with Gasteiger partial charge in [-0.05, 0) is 31.6 Å². The van der Waals surface area contributed by atoms with E-state index in [4.69, 9.17) is 10.5 Å². The van der Waals surface area contributed by atoms with E-state index in [-0.39, 0.29) is 18.3 Å². The number of carbonyl (C=O) groups excluding carboxylic acids is 1. The molecule has 1 aliphatic rings. The van der Waals surface area contributed by atoms with E-state index in [1.165, 1.54) is 6.42 Å². The van der Waals surface area contributed by atoms with Crippen molar-refractivity contribution in [1.82, 2.24) is 0 Å². The van der Waals surface area contributed by atoms with Crippen LogP contribution in [0.5, 0.6) is 0 Å². The number of ether oxygens (including phenoxy) is 1. The maximum Gasteiger partial charge on any atom is 0.323 e. The van der Waals surface area contributed by atoms with Gasteiger partial charge in [-0.25, -0.2) is 8.42 Å². The Bertz CT molecular complexity index is 380. The minimum Gasteiger partial charge on any atom is -0.461 e. The first-order chi connectivity index (χ1) is 8.28. The molecule has 0 aromatic heterocycles. The lowest BCUT2D eigenvalue weighted by molar-refractivity contribution is -0.152. The van der Waals surface area contributed by atoms with Crippen molar-refractivity contribution in [2.75, 3.05) is 12.0 Å². The summed E-state index contributed by atoms with van der Waals surface area (Å²) in [5, 5.41) is 0. The first kappa shape index (κ1) is 15.4. The Kier molecular flexibility index (Phi) is 5.59. The molecule has 6 heteroatoms. The lowest BCUT2D eigenvalue weighted by atomic mass is 9.89. The highest BCUT2D eigenvalue weighted by Crippen LogP contribution is 2.25. The number of esters is 1. The van der Waals surface area contributed by atoms with Gasteiger partial charge in [-0.1, -0.05) is 13.3 Å². The second-order valence-corrected chi connectivity index (χ2v) is 7.62. The summed E-state index contributed by atoms with van der Waals surface area (Å²) >= 11 is 0. The molecular weight excluding hydrogens is 254 g/mol. The molecule has 0 aliphatic heterocycles. The third-order valence-electron chi connectivity index (χ3n) is 3.27. The fourth-order valence-electron chi connectivity index (χ4n) is 2.20. The van der Waals surface area contributed by atoms with E-state index in [9.17, 15) is 13.2 Å². The average Bonchev–Trinajstić information content (AvgIpc) is 2.24. The number of sulfone groups is 1. The number of nitrogens with two attached hydrogens (primary N) is 1. The van der Waals surface area contributed by atoms with Gasteiger partial charge in [-0.3, -0.25) is 4.79 Å². The summed E-state index contributed by atoms with van der Waals surface area (Å²) in [7, 11) is -3.08. The van der Waals surface area contributed by atoms with Gasteiger partial charge in [0.15, 0.2) is 0 Å². The number of rotatable bonds is 5. The van der Waals surface area contributed by atoms with E-state index in [2.05, 4.69) is 6.92 Å². The van der Waals surface area contributed by atoms with Crippen molar-refractivity contribution < 1.29 is 17.9 Å². The third-order valence-corrected chi connectivity index (χ3v) is 4.25. The van der Waals surface area contributed by atoms with Crippen LogP contribution in [0.1, 0.15) is 39.0 Å². The second-order valence-electron chi connectivity index (χ2n) is 5.36. The molecular formula is C12H23NO4S. The monoisotopic (exact) mass is 277 g/mol. The van der Waals surface area contributed by atoms with Gasteiger partial charge < -0.3 is 10.5 Å². The first-order valence-electron chi connectivity index (χ1n) is 6.41. The van der Waals surface area contributed by atoms with Crippen molar-refractivity contribution >= 4 is 15.8 Å². The molecule has 0 bridgehead atoms. The summed E-state index contributed by atoms with van der Waals surface area (Å²) in [6, 6.07) is -0.836. The number of hydrogen-bond donors (Lipinski definition) is 1. The van der Waals surface area contributed by atoms with Crippen molar-refractivity contribution in [2.24, 2.45) is 11.7 Å². The van der Waals surface area contributed by atoms with Gasteiger partial charge in [0.2, 0.25) is 0 Å². The minimum absolute atomic E-state index is 0.0504. The van der Waals surface area contributed by atoms with Gasteiger partial charge in [0.05, 0.1) is 5.75 Å². The molecule has 0 aromatic carbocycles. The lowest BCUT2D eigenvalue weighted by Crippen LogP contribution is -2.37. The zero-order valence-corrected chi connectivity index (χ0v) is 11.9. The van der Waals surface area contributed by atoms with E-state index >= 15 is 0 Å². The van der Waals surface area contributed by atoms with Crippen LogP contribution in [0.15, 0.2) is 0 Å². The highest BCUT2D eigenvalue weighted by Gasteiger charge is 2.25. The maximum atomic E-state index is 11.7. The van der Waals surface area contributed by atoms with Crippen LogP contribution in [0.25, 0.3) is 0 Å². The smallest absolute Gasteiger partial charge is 0.323 e. The summed E-state index contributed by atoms with van der Waals surface area (Å²) in [6.07, 6.45) is 5.21. The average molecular weight is 277 g/mol. The number of carbonyl (C=O) groups is 1. The molecule has 5 nitrogen and oxygen atoms in total. The van der Waals surface area contributed by atoms with Crippen molar-refractivity contribution in [2.45, 2.75) is 51.2 Å². The minimum atomic E-state index is -3.08. The largest absolute Gasteiger partial charge is 0.461 e. The molecule has 0 saturated heterocycles. The summed E-state index contributed by atoms with van der Waals surface area (Å²) in [5.74, 6) is 0.0196. The summed E-state index contributed by atoms with van der Waals surface area (Å²) < 4.78 is 27.3. The Labute approximate surface area is 109 Å². The Morgan fingerprint density at radius 2 is 2.11 bits per heavy atom. The fourth-order valence-corrected chi connectivity index (χ4v) is 2.88. The Morgan fingerprint density at radius 1 is 1.44 bits per heavy atom. The molecule has 1 saturated carbocycles. The van der Waals surface area contributed by atoms with Crippen LogP contribution in [0.4, 0.5) is 0 Å². The topological polar surface area (TPSA) is 86.5 Å². The molecule has 0 aromatic rings. The van der Waals surface area contributed by atoms with Crippen LogP contribution >= 0.6 is 0 Å². The van der Waals surface area contributed by atoms with Crippen molar-refractivity contribution in [1.29, 1.82) is 0 Å². The normalized spacial score (nSPS) is 26.6. The van der Waals surface area contributed by atoms with Crippen LogP contribution in [-0.2, 0) is 19.4 Å². The van der Waals surface area contributed by atoms with Gasteiger partial charge in [0.25, 0.3) is 0 Å². The molecule has 3 unspecified atom stereocenters. The molecule has 0 radical (unpaired) electrons. The van der Waals surface area contributed by atoms with Crippen LogP contribution in [0.3, 0.4) is 0 Å². The predicted molar refractivity (Wildman–Crippen MR) is 69.8 cm³/mol. The maximum absolute atomic E-state index is 11.7. The molecule has 1 rings (SSSR count). The van der Waals surface area contributed by atoms with Crippen LogP contribution < -0.4 is 5.73 Å². The standard InChI is InChI=1S/C12H23NO4S/c1-9-4-3-5-10(8-9)17-12(14)11(13)6-7-18(2,15)16/h9-11H,3-8,13H2,1-2H3.